The van der Waals surface area contributed by atoms with Gasteiger partial charge in [-0.1, -0.05) is 0 Å². The third kappa shape index (κ3) is 2.03. The second kappa shape index (κ2) is 4.89. The fraction of sp³-hybridized carbons (Fsp3) is 0.583. The van der Waals surface area contributed by atoms with Crippen LogP contribution in [-0.4, -0.2) is 45.7 Å². The number of aromatic amines is 1. The van der Waals surface area contributed by atoms with Gasteiger partial charge in [0.05, 0.1) is 12.4 Å². The maximum absolute atomic E-state index is 5.72. The monoisotopic (exact) mass is 247 g/mol. The van der Waals surface area contributed by atoms with E-state index in [0.717, 1.165) is 49.5 Å². The second-order valence-corrected chi connectivity index (χ2v) is 4.46. The molecule has 96 valence electrons. The van der Waals surface area contributed by atoms with Gasteiger partial charge in [-0.2, -0.15) is 0 Å². The highest BCUT2D eigenvalue weighted by molar-refractivity contribution is 5.82. The summed E-state index contributed by atoms with van der Waals surface area (Å²) in [6.45, 7) is 4.70. The van der Waals surface area contributed by atoms with Crippen molar-refractivity contribution in [3.8, 4) is 0 Å². The number of nitrogens with zero attached hydrogens (tertiary/aromatic N) is 4. The van der Waals surface area contributed by atoms with Crippen molar-refractivity contribution in [3.63, 3.8) is 0 Å². The Bertz CT molecular complexity index is 524. The molecule has 1 unspecified atom stereocenters. The van der Waals surface area contributed by atoms with Crippen molar-refractivity contribution in [3.05, 3.63) is 12.7 Å². The van der Waals surface area contributed by atoms with Crippen LogP contribution in [-0.2, 0) is 4.74 Å². The second-order valence-electron chi connectivity index (χ2n) is 4.46. The summed E-state index contributed by atoms with van der Waals surface area (Å²) in [6, 6.07) is 0. The largest absolute Gasteiger partial charge is 0.377 e. The lowest BCUT2D eigenvalue weighted by atomic mass is 10.1. The van der Waals surface area contributed by atoms with Gasteiger partial charge >= 0.3 is 0 Å². The molecule has 1 N–H and O–H groups in total. The van der Waals surface area contributed by atoms with Crippen LogP contribution in [0.1, 0.15) is 19.8 Å². The SMILES string of the molecule is CCOC1CCCN(c2ncnc3nc[nH]c23)C1. The van der Waals surface area contributed by atoms with E-state index in [2.05, 4.69) is 24.8 Å². The van der Waals surface area contributed by atoms with E-state index in [4.69, 9.17) is 4.74 Å². The molecule has 0 spiro atoms. The van der Waals surface area contributed by atoms with E-state index in [1.807, 2.05) is 6.92 Å². The van der Waals surface area contributed by atoms with Gasteiger partial charge in [-0.3, -0.25) is 0 Å². The van der Waals surface area contributed by atoms with Crippen molar-refractivity contribution in [2.75, 3.05) is 24.6 Å². The first-order chi connectivity index (χ1) is 8.88. The third-order valence-corrected chi connectivity index (χ3v) is 3.28. The van der Waals surface area contributed by atoms with E-state index in [0.29, 0.717) is 6.10 Å². The number of piperidine rings is 1. The standard InChI is InChI=1S/C12H17N5O/c1-2-18-9-4-3-5-17(6-9)12-10-11(14-7-13-10)15-8-16-12/h7-9H,2-6H2,1H3,(H,13,14,15,16). The van der Waals surface area contributed by atoms with E-state index in [9.17, 15) is 0 Å². The Morgan fingerprint density at radius 3 is 3.28 bits per heavy atom. The zero-order chi connectivity index (χ0) is 12.4. The third-order valence-electron chi connectivity index (χ3n) is 3.28. The summed E-state index contributed by atoms with van der Waals surface area (Å²) in [5.74, 6) is 0.932. The van der Waals surface area contributed by atoms with Crippen LogP contribution >= 0.6 is 0 Å². The smallest absolute Gasteiger partial charge is 0.182 e. The van der Waals surface area contributed by atoms with Crippen molar-refractivity contribution < 1.29 is 4.74 Å². The number of hydrogen-bond acceptors (Lipinski definition) is 5. The van der Waals surface area contributed by atoms with Crippen LogP contribution in [0, 0.1) is 0 Å². The van der Waals surface area contributed by atoms with Crippen LogP contribution in [0.25, 0.3) is 11.2 Å². The highest BCUT2D eigenvalue weighted by Crippen LogP contribution is 2.24. The van der Waals surface area contributed by atoms with Gasteiger partial charge in [0, 0.05) is 19.7 Å². The molecule has 0 bridgehead atoms. The van der Waals surface area contributed by atoms with E-state index in [1.54, 1.807) is 12.7 Å². The van der Waals surface area contributed by atoms with Crippen LogP contribution in [0.15, 0.2) is 12.7 Å². The van der Waals surface area contributed by atoms with Crippen molar-refractivity contribution in [1.29, 1.82) is 0 Å². The summed E-state index contributed by atoms with van der Waals surface area (Å²) in [7, 11) is 0. The first-order valence-corrected chi connectivity index (χ1v) is 6.39. The van der Waals surface area contributed by atoms with Crippen molar-refractivity contribution in [1.82, 2.24) is 19.9 Å². The number of rotatable bonds is 3. The predicted molar refractivity (Wildman–Crippen MR) is 68.5 cm³/mol. The molecule has 1 atom stereocenters. The molecular weight excluding hydrogens is 230 g/mol. The Balaban J connectivity index is 1.87. The first-order valence-electron chi connectivity index (χ1n) is 6.39. The topological polar surface area (TPSA) is 66.9 Å². The minimum atomic E-state index is 0.302. The summed E-state index contributed by atoms with van der Waals surface area (Å²) in [5, 5.41) is 0. The summed E-state index contributed by atoms with van der Waals surface area (Å²) < 4.78 is 5.72. The number of aromatic nitrogens is 4. The molecule has 6 nitrogen and oxygen atoms in total. The fourth-order valence-corrected chi connectivity index (χ4v) is 2.49. The molecule has 1 saturated heterocycles. The van der Waals surface area contributed by atoms with E-state index in [1.165, 1.54) is 0 Å². The Kier molecular flexibility index (Phi) is 3.10. The zero-order valence-electron chi connectivity index (χ0n) is 10.5. The Morgan fingerprint density at radius 2 is 2.39 bits per heavy atom. The molecule has 1 aliphatic rings. The fourth-order valence-electron chi connectivity index (χ4n) is 2.49. The van der Waals surface area contributed by atoms with Gasteiger partial charge < -0.3 is 14.6 Å². The highest BCUT2D eigenvalue weighted by Gasteiger charge is 2.23. The summed E-state index contributed by atoms with van der Waals surface area (Å²) >= 11 is 0. The molecule has 1 fully saturated rings. The molecule has 0 radical (unpaired) electrons. The average Bonchev–Trinajstić information content (AvgIpc) is 2.87. The highest BCUT2D eigenvalue weighted by atomic mass is 16.5. The lowest BCUT2D eigenvalue weighted by molar-refractivity contribution is 0.0525. The maximum Gasteiger partial charge on any atom is 0.182 e. The van der Waals surface area contributed by atoms with Gasteiger partial charge in [0.15, 0.2) is 11.5 Å². The molecular formula is C12H17N5O. The van der Waals surface area contributed by atoms with E-state index in [-0.39, 0.29) is 0 Å². The molecule has 6 heteroatoms. The average molecular weight is 247 g/mol. The van der Waals surface area contributed by atoms with Crippen molar-refractivity contribution >= 4 is 17.0 Å². The molecule has 0 amide bonds. The molecule has 0 aromatic carbocycles. The summed E-state index contributed by atoms with van der Waals surface area (Å²) in [4.78, 5) is 18.1. The Hall–Kier alpha value is -1.69. The number of ether oxygens (including phenoxy) is 1. The van der Waals surface area contributed by atoms with E-state index >= 15 is 0 Å². The van der Waals surface area contributed by atoms with Gasteiger partial charge in [-0.15, -0.1) is 0 Å². The van der Waals surface area contributed by atoms with Gasteiger partial charge in [0.2, 0.25) is 0 Å². The van der Waals surface area contributed by atoms with Crippen LogP contribution in [0.4, 0.5) is 5.82 Å². The number of nitrogens with one attached hydrogen (secondary N) is 1. The maximum atomic E-state index is 5.72. The summed E-state index contributed by atoms with van der Waals surface area (Å²) in [6.07, 6.45) is 5.79. The minimum Gasteiger partial charge on any atom is -0.377 e. The van der Waals surface area contributed by atoms with E-state index < -0.39 is 0 Å². The normalized spacial score (nSPS) is 20.5. The molecule has 2 aromatic rings. The number of H-pyrrole nitrogens is 1. The van der Waals surface area contributed by atoms with Crippen molar-refractivity contribution in [2.24, 2.45) is 0 Å². The van der Waals surface area contributed by atoms with Gasteiger partial charge in [0.25, 0.3) is 0 Å². The number of fused-ring (bicyclic) bond motifs is 1. The molecule has 0 aliphatic carbocycles. The lowest BCUT2D eigenvalue weighted by Crippen LogP contribution is -2.40. The van der Waals surface area contributed by atoms with Gasteiger partial charge in [0.1, 0.15) is 11.8 Å². The molecule has 1 aliphatic heterocycles. The van der Waals surface area contributed by atoms with Crippen molar-refractivity contribution in [2.45, 2.75) is 25.9 Å². The van der Waals surface area contributed by atoms with Crippen LogP contribution in [0.2, 0.25) is 0 Å². The molecule has 3 heterocycles. The number of imidazole rings is 1. The van der Waals surface area contributed by atoms with Gasteiger partial charge in [-0.25, -0.2) is 15.0 Å². The quantitative estimate of drug-likeness (QED) is 0.887. The zero-order valence-corrected chi connectivity index (χ0v) is 10.5. The number of anilines is 1. The lowest BCUT2D eigenvalue weighted by Gasteiger charge is -2.33. The van der Waals surface area contributed by atoms with Crippen LogP contribution in [0.3, 0.4) is 0 Å². The Labute approximate surface area is 105 Å². The minimum absolute atomic E-state index is 0.302. The Morgan fingerprint density at radius 1 is 1.44 bits per heavy atom. The summed E-state index contributed by atoms with van der Waals surface area (Å²) in [5.41, 5.74) is 1.63. The number of hydrogen-bond donors (Lipinski definition) is 1. The molecule has 3 rings (SSSR count). The first kappa shape index (κ1) is 11.4. The van der Waals surface area contributed by atoms with Crippen LogP contribution < -0.4 is 4.90 Å². The predicted octanol–water partition coefficient (Wildman–Crippen LogP) is 1.36. The molecule has 2 aromatic heterocycles. The molecule has 18 heavy (non-hydrogen) atoms. The molecule has 0 saturated carbocycles. The van der Waals surface area contributed by atoms with Gasteiger partial charge in [-0.05, 0) is 19.8 Å². The van der Waals surface area contributed by atoms with Crippen LogP contribution in [0.5, 0.6) is 0 Å².